The molecule has 1 aliphatic heterocycles. The molecule has 34 heavy (non-hydrogen) atoms. The first-order valence-corrected chi connectivity index (χ1v) is 11.9. The van der Waals surface area contributed by atoms with Crippen molar-refractivity contribution in [1.29, 1.82) is 0 Å². The third-order valence-corrected chi connectivity index (χ3v) is 6.68. The summed E-state index contributed by atoms with van der Waals surface area (Å²) < 4.78 is 16.2. The Hall–Kier alpha value is -3.38. The van der Waals surface area contributed by atoms with Gasteiger partial charge in [0.15, 0.2) is 0 Å². The average Bonchev–Trinajstić information content (AvgIpc) is 3.21. The molecule has 0 saturated carbocycles. The summed E-state index contributed by atoms with van der Waals surface area (Å²) in [5.41, 5.74) is 3.43. The smallest absolute Gasteiger partial charge is 0.245 e. The zero-order valence-electron chi connectivity index (χ0n) is 19.0. The van der Waals surface area contributed by atoms with E-state index >= 15 is 0 Å². The second-order valence-electron chi connectivity index (χ2n) is 8.63. The van der Waals surface area contributed by atoms with Gasteiger partial charge in [-0.15, -0.1) is 0 Å². The Kier molecular flexibility index (Phi) is 6.24. The standard InChI is InChI=1S/C27H26ClFN4O/c1-19(27(34)32-15-13-31(14-16-32)24-11-4-2-9-22(24)29)33-25-12-5-3-10-23(25)30-26(33)18-20-7-6-8-21(28)17-20/h2-12,17,19H,13-16,18H2,1H3. The highest BCUT2D eigenvalue weighted by Gasteiger charge is 2.29. The number of aromatic nitrogens is 2. The highest BCUT2D eigenvalue weighted by atomic mass is 35.5. The number of amides is 1. The highest BCUT2D eigenvalue weighted by Crippen LogP contribution is 2.26. The maximum atomic E-state index is 14.2. The number of fused-ring (bicyclic) bond motifs is 1. The molecular formula is C27H26ClFN4O. The Balaban J connectivity index is 1.38. The maximum Gasteiger partial charge on any atom is 0.245 e. The molecule has 5 nitrogen and oxygen atoms in total. The Bertz CT molecular complexity index is 1330. The molecule has 5 rings (SSSR count). The second kappa shape index (κ2) is 9.47. The lowest BCUT2D eigenvalue weighted by atomic mass is 10.1. The quantitative estimate of drug-likeness (QED) is 0.391. The molecule has 1 saturated heterocycles. The van der Waals surface area contributed by atoms with Gasteiger partial charge >= 0.3 is 0 Å². The number of hydrogen-bond donors (Lipinski definition) is 0. The first-order chi connectivity index (χ1) is 16.5. The van der Waals surface area contributed by atoms with Gasteiger partial charge in [0.1, 0.15) is 17.7 Å². The van der Waals surface area contributed by atoms with Gasteiger partial charge in [-0.1, -0.05) is 48.0 Å². The molecule has 0 N–H and O–H groups in total. The van der Waals surface area contributed by atoms with Crippen molar-refractivity contribution in [3.05, 3.63) is 95.0 Å². The molecule has 1 aliphatic rings. The van der Waals surface area contributed by atoms with Crippen molar-refractivity contribution < 1.29 is 9.18 Å². The van der Waals surface area contributed by atoms with Crippen LogP contribution >= 0.6 is 11.6 Å². The molecule has 0 radical (unpaired) electrons. The molecule has 0 bridgehead atoms. The van der Waals surface area contributed by atoms with E-state index in [0.29, 0.717) is 43.3 Å². The number of rotatable bonds is 5. The van der Waals surface area contributed by atoms with E-state index in [0.717, 1.165) is 22.4 Å². The third-order valence-electron chi connectivity index (χ3n) is 6.45. The van der Waals surface area contributed by atoms with E-state index in [4.69, 9.17) is 16.6 Å². The number of carbonyl (C=O) groups excluding carboxylic acids is 1. The van der Waals surface area contributed by atoms with Crippen LogP contribution in [0, 0.1) is 5.82 Å². The van der Waals surface area contributed by atoms with E-state index in [-0.39, 0.29) is 11.7 Å². The summed E-state index contributed by atoms with van der Waals surface area (Å²) in [7, 11) is 0. The molecule has 7 heteroatoms. The van der Waals surface area contributed by atoms with Crippen LogP contribution in [-0.4, -0.2) is 46.5 Å². The van der Waals surface area contributed by atoms with Gasteiger partial charge in [0.05, 0.1) is 16.7 Å². The van der Waals surface area contributed by atoms with Crippen molar-refractivity contribution in [2.45, 2.75) is 19.4 Å². The van der Waals surface area contributed by atoms with E-state index in [9.17, 15) is 9.18 Å². The van der Waals surface area contributed by atoms with Gasteiger partial charge in [0, 0.05) is 37.6 Å². The molecule has 174 valence electrons. The molecule has 1 amide bonds. The molecule has 1 aromatic heterocycles. The summed E-state index contributed by atoms with van der Waals surface area (Å²) in [4.78, 5) is 22.3. The first kappa shape index (κ1) is 22.4. The van der Waals surface area contributed by atoms with Crippen molar-refractivity contribution in [1.82, 2.24) is 14.5 Å². The van der Waals surface area contributed by atoms with Crippen molar-refractivity contribution in [2.75, 3.05) is 31.1 Å². The van der Waals surface area contributed by atoms with Crippen LogP contribution in [0.2, 0.25) is 5.02 Å². The number of para-hydroxylation sites is 3. The number of imidazole rings is 1. The number of benzene rings is 3. The fourth-order valence-electron chi connectivity index (χ4n) is 4.73. The molecule has 1 fully saturated rings. The number of piperazine rings is 1. The van der Waals surface area contributed by atoms with Gasteiger partial charge in [-0.3, -0.25) is 4.79 Å². The van der Waals surface area contributed by atoms with E-state index in [1.807, 2.05) is 75.9 Å². The summed E-state index contributed by atoms with van der Waals surface area (Å²) >= 11 is 6.19. The average molecular weight is 477 g/mol. The van der Waals surface area contributed by atoms with E-state index in [1.165, 1.54) is 6.07 Å². The van der Waals surface area contributed by atoms with Crippen molar-refractivity contribution >= 4 is 34.2 Å². The summed E-state index contributed by atoms with van der Waals surface area (Å²) in [5.74, 6) is 0.643. The van der Waals surface area contributed by atoms with Crippen LogP contribution in [-0.2, 0) is 11.2 Å². The van der Waals surface area contributed by atoms with Crippen LogP contribution in [0.4, 0.5) is 10.1 Å². The van der Waals surface area contributed by atoms with Crippen LogP contribution < -0.4 is 4.90 Å². The third kappa shape index (κ3) is 4.38. The zero-order valence-corrected chi connectivity index (χ0v) is 19.8. The van der Waals surface area contributed by atoms with Crippen molar-refractivity contribution in [2.24, 2.45) is 0 Å². The minimum absolute atomic E-state index is 0.0451. The summed E-state index contributed by atoms with van der Waals surface area (Å²) in [6.45, 7) is 4.22. The molecule has 1 unspecified atom stereocenters. The summed E-state index contributed by atoms with van der Waals surface area (Å²) in [6.07, 6.45) is 0.577. The van der Waals surface area contributed by atoms with Gasteiger partial charge in [0.2, 0.25) is 5.91 Å². The summed E-state index contributed by atoms with van der Waals surface area (Å²) in [5, 5.41) is 0.678. The highest BCUT2D eigenvalue weighted by molar-refractivity contribution is 6.30. The largest absolute Gasteiger partial charge is 0.366 e. The Morgan fingerprint density at radius 2 is 1.74 bits per heavy atom. The molecule has 2 heterocycles. The first-order valence-electron chi connectivity index (χ1n) is 11.5. The molecular weight excluding hydrogens is 451 g/mol. The maximum absolute atomic E-state index is 14.2. The monoisotopic (exact) mass is 476 g/mol. The van der Waals surface area contributed by atoms with E-state index in [2.05, 4.69) is 0 Å². The van der Waals surface area contributed by atoms with E-state index in [1.54, 1.807) is 12.1 Å². The second-order valence-corrected chi connectivity index (χ2v) is 9.07. The van der Waals surface area contributed by atoms with Crippen LogP contribution in [0.5, 0.6) is 0 Å². The van der Waals surface area contributed by atoms with Gasteiger partial charge in [-0.05, 0) is 48.9 Å². The molecule has 4 aromatic rings. The predicted octanol–water partition coefficient (Wildman–Crippen LogP) is 5.33. The lowest BCUT2D eigenvalue weighted by Gasteiger charge is -2.37. The van der Waals surface area contributed by atoms with Crippen LogP contribution in [0.1, 0.15) is 24.4 Å². The Morgan fingerprint density at radius 3 is 2.50 bits per heavy atom. The number of hydrogen-bond acceptors (Lipinski definition) is 3. The Morgan fingerprint density at radius 1 is 1.00 bits per heavy atom. The topological polar surface area (TPSA) is 41.4 Å². The van der Waals surface area contributed by atoms with Crippen molar-refractivity contribution in [3.63, 3.8) is 0 Å². The molecule has 3 aromatic carbocycles. The Labute approximate surface area is 203 Å². The SMILES string of the molecule is CC(C(=O)N1CCN(c2ccccc2F)CC1)n1c(Cc2cccc(Cl)c2)nc2ccccc21. The lowest BCUT2D eigenvalue weighted by molar-refractivity contribution is -0.134. The summed E-state index contributed by atoms with van der Waals surface area (Å²) in [6, 6.07) is 22.0. The molecule has 0 spiro atoms. The van der Waals surface area contributed by atoms with Gasteiger partial charge < -0.3 is 14.4 Å². The lowest BCUT2D eigenvalue weighted by Crippen LogP contribution is -2.50. The van der Waals surface area contributed by atoms with Gasteiger partial charge in [-0.2, -0.15) is 0 Å². The number of nitrogens with zero attached hydrogens (tertiary/aromatic N) is 4. The molecule has 0 aliphatic carbocycles. The van der Waals surface area contributed by atoms with Crippen LogP contribution in [0.25, 0.3) is 11.0 Å². The normalized spacial score (nSPS) is 15.0. The number of anilines is 1. The van der Waals surface area contributed by atoms with Crippen LogP contribution in [0.15, 0.2) is 72.8 Å². The van der Waals surface area contributed by atoms with E-state index < -0.39 is 6.04 Å². The van der Waals surface area contributed by atoms with Crippen LogP contribution in [0.3, 0.4) is 0 Å². The minimum Gasteiger partial charge on any atom is -0.366 e. The minimum atomic E-state index is -0.415. The zero-order chi connectivity index (χ0) is 23.7. The van der Waals surface area contributed by atoms with Gasteiger partial charge in [0.25, 0.3) is 0 Å². The number of halogens is 2. The van der Waals surface area contributed by atoms with Crippen molar-refractivity contribution in [3.8, 4) is 0 Å². The number of carbonyl (C=O) groups is 1. The molecule has 1 atom stereocenters. The van der Waals surface area contributed by atoms with Gasteiger partial charge in [-0.25, -0.2) is 9.37 Å². The fraction of sp³-hybridized carbons (Fsp3) is 0.259. The fourth-order valence-corrected chi connectivity index (χ4v) is 4.94. The predicted molar refractivity (Wildman–Crippen MR) is 134 cm³/mol.